The number of hydrogen-bond acceptors (Lipinski definition) is 4. The summed E-state index contributed by atoms with van der Waals surface area (Å²) < 4.78 is 1.86. The first-order valence-corrected chi connectivity index (χ1v) is 10.9. The van der Waals surface area contributed by atoms with E-state index in [-0.39, 0.29) is 30.4 Å². The largest absolute Gasteiger partial charge is 0.481 e. The number of aromatic nitrogens is 1. The second-order valence-corrected chi connectivity index (χ2v) is 8.12. The number of amides is 2. The van der Waals surface area contributed by atoms with Gasteiger partial charge in [-0.2, -0.15) is 0 Å². The highest BCUT2D eigenvalue weighted by Crippen LogP contribution is 2.38. The number of carbonyl (C=O) groups excluding carboxylic acids is 3. The van der Waals surface area contributed by atoms with E-state index < -0.39 is 5.97 Å². The van der Waals surface area contributed by atoms with Gasteiger partial charge in [0.1, 0.15) is 5.69 Å². The molecule has 0 fully saturated rings. The van der Waals surface area contributed by atoms with Crippen LogP contribution in [0.1, 0.15) is 52.6 Å². The molecule has 1 aromatic carbocycles. The zero-order valence-electron chi connectivity index (χ0n) is 18.3. The fourth-order valence-electron chi connectivity index (χ4n) is 4.24. The minimum absolute atomic E-state index is 0.0313. The summed E-state index contributed by atoms with van der Waals surface area (Å²) in [6.45, 7) is 2.81. The Balaban J connectivity index is 1.55. The summed E-state index contributed by atoms with van der Waals surface area (Å²) in [5.41, 5.74) is 4.89. The highest BCUT2D eigenvalue weighted by Gasteiger charge is 2.34. The van der Waals surface area contributed by atoms with Gasteiger partial charge in [-0.05, 0) is 31.0 Å². The van der Waals surface area contributed by atoms with Crippen LogP contribution in [-0.2, 0) is 16.1 Å². The highest BCUT2D eigenvalue weighted by atomic mass is 16.4. The van der Waals surface area contributed by atoms with Crippen LogP contribution >= 0.6 is 0 Å². The number of rotatable bonds is 9. The Kier molecular flexibility index (Phi) is 6.26. The Morgan fingerprint density at radius 1 is 1.09 bits per heavy atom. The summed E-state index contributed by atoms with van der Waals surface area (Å²) in [6.07, 6.45) is 2.08. The number of nitrogens with zero attached hydrogens (tertiary/aromatic N) is 2. The van der Waals surface area contributed by atoms with E-state index in [1.54, 1.807) is 17.2 Å². The van der Waals surface area contributed by atoms with E-state index in [4.69, 9.17) is 5.11 Å². The Morgan fingerprint density at radius 3 is 2.55 bits per heavy atom. The fraction of sp³-hybridized carbons (Fsp3) is 0.280. The summed E-state index contributed by atoms with van der Waals surface area (Å²) in [4.78, 5) is 49.2. The summed E-state index contributed by atoms with van der Waals surface area (Å²) in [7, 11) is 0. The average molecular weight is 447 g/mol. The van der Waals surface area contributed by atoms with Crippen molar-refractivity contribution in [3.63, 3.8) is 0 Å². The summed E-state index contributed by atoms with van der Waals surface area (Å²) in [6, 6.07) is 13.4. The van der Waals surface area contributed by atoms with Crippen LogP contribution < -0.4 is 5.32 Å². The molecule has 2 aromatic heterocycles. The van der Waals surface area contributed by atoms with Crippen LogP contribution in [-0.4, -0.2) is 51.1 Å². The SMILES string of the molecule is CC(=O)c1ccn2c3c(c(-c4ccccc4)c2c1)CN(CCCNC(=O)CCC(=O)O)C3=O. The van der Waals surface area contributed by atoms with E-state index in [2.05, 4.69) is 5.32 Å². The van der Waals surface area contributed by atoms with Crippen molar-refractivity contribution < 1.29 is 24.3 Å². The van der Waals surface area contributed by atoms with Crippen molar-refractivity contribution in [3.8, 4) is 11.1 Å². The molecule has 3 aromatic rings. The lowest BCUT2D eigenvalue weighted by Gasteiger charge is -2.17. The first-order chi connectivity index (χ1) is 15.9. The number of hydrogen-bond donors (Lipinski definition) is 2. The van der Waals surface area contributed by atoms with Crippen LogP contribution in [0.2, 0.25) is 0 Å². The van der Waals surface area contributed by atoms with E-state index in [9.17, 15) is 19.2 Å². The monoisotopic (exact) mass is 447 g/mol. The lowest BCUT2D eigenvalue weighted by molar-refractivity contribution is -0.138. The lowest BCUT2D eigenvalue weighted by Crippen LogP contribution is -2.30. The third-order valence-electron chi connectivity index (χ3n) is 5.84. The molecule has 2 amide bonds. The van der Waals surface area contributed by atoms with Gasteiger partial charge in [0.25, 0.3) is 5.91 Å². The standard InChI is InChI=1S/C25H25N3O5/c1-16(29)18-10-13-28-20(14-18)23(17-6-3-2-4-7-17)19-15-27(25(33)24(19)28)12-5-11-26-21(30)8-9-22(31)32/h2-4,6-7,10,13-14H,5,8-9,11-12,15H2,1H3,(H,26,30)(H,31,32). The van der Waals surface area contributed by atoms with Crippen molar-refractivity contribution in [2.45, 2.75) is 32.7 Å². The van der Waals surface area contributed by atoms with E-state index >= 15 is 0 Å². The van der Waals surface area contributed by atoms with Gasteiger partial charge in [0, 0.05) is 48.9 Å². The number of ketones is 1. The maximum Gasteiger partial charge on any atom is 0.303 e. The molecule has 8 heteroatoms. The average Bonchev–Trinajstić information content (AvgIpc) is 3.29. The minimum Gasteiger partial charge on any atom is -0.481 e. The van der Waals surface area contributed by atoms with Crippen molar-refractivity contribution in [1.82, 2.24) is 14.6 Å². The number of nitrogens with one attached hydrogen (secondary N) is 1. The molecule has 0 spiro atoms. The Labute approximate surface area is 190 Å². The number of carboxylic acids is 1. The zero-order chi connectivity index (χ0) is 23.5. The van der Waals surface area contributed by atoms with Crippen molar-refractivity contribution in [2.75, 3.05) is 13.1 Å². The zero-order valence-corrected chi connectivity index (χ0v) is 18.3. The number of aliphatic carboxylic acids is 1. The van der Waals surface area contributed by atoms with Crippen LogP contribution in [0.5, 0.6) is 0 Å². The van der Waals surface area contributed by atoms with Gasteiger partial charge in [-0.1, -0.05) is 30.3 Å². The van der Waals surface area contributed by atoms with Gasteiger partial charge in [0.15, 0.2) is 5.78 Å². The topological polar surface area (TPSA) is 108 Å². The van der Waals surface area contributed by atoms with Crippen LogP contribution in [0.15, 0.2) is 48.7 Å². The first-order valence-electron chi connectivity index (χ1n) is 10.9. The van der Waals surface area contributed by atoms with E-state index in [1.165, 1.54) is 6.92 Å². The van der Waals surface area contributed by atoms with E-state index in [0.29, 0.717) is 37.3 Å². The number of carbonyl (C=O) groups is 4. The van der Waals surface area contributed by atoms with Crippen LogP contribution in [0.25, 0.3) is 16.6 Å². The molecule has 1 aliphatic heterocycles. The van der Waals surface area contributed by atoms with E-state index in [1.807, 2.05) is 40.8 Å². The van der Waals surface area contributed by atoms with Crippen LogP contribution in [0.3, 0.4) is 0 Å². The molecule has 8 nitrogen and oxygen atoms in total. The second-order valence-electron chi connectivity index (χ2n) is 8.12. The summed E-state index contributed by atoms with van der Waals surface area (Å²) in [5.74, 6) is -1.44. The number of pyridine rings is 1. The predicted octanol–water partition coefficient (Wildman–Crippen LogP) is 3.14. The molecule has 4 rings (SSSR count). The fourth-order valence-corrected chi connectivity index (χ4v) is 4.24. The van der Waals surface area contributed by atoms with Crippen molar-refractivity contribution >= 4 is 29.1 Å². The maximum atomic E-state index is 13.3. The maximum absolute atomic E-state index is 13.3. The van der Waals surface area contributed by atoms with Gasteiger partial charge in [0.2, 0.25) is 5.91 Å². The molecule has 0 radical (unpaired) electrons. The first kappa shape index (κ1) is 22.3. The van der Waals surface area contributed by atoms with Gasteiger partial charge in [-0.15, -0.1) is 0 Å². The number of Topliss-reactive ketones (excluding diaryl/α,β-unsaturated/α-hetero) is 1. The third-order valence-corrected chi connectivity index (χ3v) is 5.84. The van der Waals surface area contributed by atoms with Crippen molar-refractivity contribution in [1.29, 1.82) is 0 Å². The number of benzene rings is 1. The van der Waals surface area contributed by atoms with Gasteiger partial charge in [-0.25, -0.2) is 0 Å². The number of fused-ring (bicyclic) bond motifs is 3. The molecule has 0 unspecified atom stereocenters. The van der Waals surface area contributed by atoms with Crippen LogP contribution in [0.4, 0.5) is 0 Å². The molecule has 2 N–H and O–H groups in total. The van der Waals surface area contributed by atoms with Crippen LogP contribution in [0, 0.1) is 0 Å². The number of carboxylic acid groups (broad SMARTS) is 1. The Morgan fingerprint density at radius 2 is 1.85 bits per heavy atom. The summed E-state index contributed by atoms with van der Waals surface area (Å²) in [5, 5.41) is 11.3. The molecular formula is C25H25N3O5. The van der Waals surface area contributed by atoms with Gasteiger partial charge >= 0.3 is 5.97 Å². The van der Waals surface area contributed by atoms with E-state index in [0.717, 1.165) is 22.2 Å². The second kappa shape index (κ2) is 9.28. The molecule has 170 valence electrons. The predicted molar refractivity (Wildman–Crippen MR) is 122 cm³/mol. The Bertz CT molecular complexity index is 1250. The van der Waals surface area contributed by atoms with Crippen molar-refractivity contribution in [3.05, 3.63) is 65.5 Å². The van der Waals surface area contributed by atoms with Gasteiger partial charge in [0.05, 0.1) is 11.9 Å². The lowest BCUT2D eigenvalue weighted by atomic mass is 10.0. The molecule has 3 heterocycles. The molecule has 0 saturated heterocycles. The Hall–Kier alpha value is -3.94. The minimum atomic E-state index is -1.01. The molecular weight excluding hydrogens is 422 g/mol. The molecule has 33 heavy (non-hydrogen) atoms. The highest BCUT2D eigenvalue weighted by molar-refractivity contribution is 6.05. The molecule has 0 saturated carbocycles. The molecule has 1 aliphatic rings. The molecule has 0 atom stereocenters. The normalized spacial score (nSPS) is 12.8. The molecule has 0 aliphatic carbocycles. The third kappa shape index (κ3) is 4.50. The summed E-state index contributed by atoms with van der Waals surface area (Å²) >= 11 is 0. The molecule has 0 bridgehead atoms. The van der Waals surface area contributed by atoms with Crippen molar-refractivity contribution in [2.24, 2.45) is 0 Å². The smallest absolute Gasteiger partial charge is 0.303 e. The quantitative estimate of drug-likeness (QED) is 0.387. The van der Waals surface area contributed by atoms with Gasteiger partial charge < -0.3 is 19.7 Å². The van der Waals surface area contributed by atoms with Gasteiger partial charge in [-0.3, -0.25) is 19.2 Å².